The van der Waals surface area contributed by atoms with Gasteiger partial charge in [0.2, 0.25) is 5.91 Å². The number of nitrogens with one attached hydrogen (secondary N) is 2. The second kappa shape index (κ2) is 10.4. The van der Waals surface area contributed by atoms with Crippen LogP contribution in [0.5, 0.6) is 17.2 Å². The van der Waals surface area contributed by atoms with E-state index in [4.69, 9.17) is 9.47 Å². The molecule has 0 radical (unpaired) electrons. The van der Waals surface area contributed by atoms with Crippen molar-refractivity contribution in [3.8, 4) is 28.5 Å². The SMILES string of the molecule is COc1ccc(-c2cc(C(=O)Nc3ccc(Oc4ccnc(NC(=O)C5CC5)c4)c(F)c3)nc3ccnn23)cc1. The van der Waals surface area contributed by atoms with Gasteiger partial charge < -0.3 is 20.1 Å². The molecule has 1 fully saturated rings. The average Bonchev–Trinajstić information content (AvgIpc) is 3.71. The Kier molecular flexibility index (Phi) is 6.52. The zero-order chi connectivity index (χ0) is 27.6. The maximum absolute atomic E-state index is 14.9. The van der Waals surface area contributed by atoms with Crippen LogP contribution in [0.2, 0.25) is 0 Å². The third-order valence-corrected chi connectivity index (χ3v) is 6.33. The summed E-state index contributed by atoms with van der Waals surface area (Å²) in [5.74, 6) is 0.0205. The van der Waals surface area contributed by atoms with E-state index in [2.05, 4.69) is 25.7 Å². The highest BCUT2D eigenvalue weighted by atomic mass is 19.1. The number of ether oxygens (including phenoxy) is 2. The normalized spacial score (nSPS) is 12.7. The smallest absolute Gasteiger partial charge is 0.274 e. The van der Waals surface area contributed by atoms with Gasteiger partial charge in [-0.3, -0.25) is 9.59 Å². The van der Waals surface area contributed by atoms with E-state index in [9.17, 15) is 14.0 Å². The molecular formula is C29H23FN6O4. The Bertz CT molecular complexity index is 1730. The molecule has 11 heteroatoms. The summed E-state index contributed by atoms with van der Waals surface area (Å²) in [6, 6.07) is 17.8. The highest BCUT2D eigenvalue weighted by Crippen LogP contribution is 2.31. The maximum atomic E-state index is 14.9. The van der Waals surface area contributed by atoms with Gasteiger partial charge in [0, 0.05) is 41.6 Å². The molecular weight excluding hydrogens is 515 g/mol. The highest BCUT2D eigenvalue weighted by molar-refractivity contribution is 6.03. The van der Waals surface area contributed by atoms with Crippen LogP contribution in [0.25, 0.3) is 16.9 Å². The van der Waals surface area contributed by atoms with E-state index >= 15 is 0 Å². The van der Waals surface area contributed by atoms with Crippen LogP contribution in [0.15, 0.2) is 79.1 Å². The Morgan fingerprint density at radius 2 is 1.77 bits per heavy atom. The van der Waals surface area contributed by atoms with Crippen LogP contribution in [-0.2, 0) is 4.79 Å². The van der Waals surface area contributed by atoms with Crippen LogP contribution in [0.3, 0.4) is 0 Å². The molecule has 3 heterocycles. The third-order valence-electron chi connectivity index (χ3n) is 6.33. The van der Waals surface area contributed by atoms with Gasteiger partial charge in [0.15, 0.2) is 17.2 Å². The zero-order valence-corrected chi connectivity index (χ0v) is 21.3. The number of hydrogen-bond donors (Lipinski definition) is 2. The fourth-order valence-electron chi connectivity index (χ4n) is 4.10. The Labute approximate surface area is 227 Å². The van der Waals surface area contributed by atoms with Crippen molar-refractivity contribution in [1.29, 1.82) is 0 Å². The van der Waals surface area contributed by atoms with Gasteiger partial charge in [-0.2, -0.15) is 5.10 Å². The lowest BCUT2D eigenvalue weighted by molar-refractivity contribution is -0.117. The minimum Gasteiger partial charge on any atom is -0.497 e. The predicted molar refractivity (Wildman–Crippen MR) is 145 cm³/mol. The third kappa shape index (κ3) is 5.30. The first-order chi connectivity index (χ1) is 19.5. The van der Waals surface area contributed by atoms with Crippen LogP contribution >= 0.6 is 0 Å². The molecule has 2 N–H and O–H groups in total. The number of nitrogens with zero attached hydrogens (tertiary/aromatic N) is 4. The van der Waals surface area contributed by atoms with E-state index in [1.165, 1.54) is 24.4 Å². The van der Waals surface area contributed by atoms with Crippen LogP contribution in [0, 0.1) is 11.7 Å². The van der Waals surface area contributed by atoms with Gasteiger partial charge in [-0.15, -0.1) is 0 Å². The Balaban J connectivity index is 1.19. The van der Waals surface area contributed by atoms with Crippen molar-refractivity contribution < 1.29 is 23.5 Å². The summed E-state index contributed by atoms with van der Waals surface area (Å²) in [6.45, 7) is 0. The molecule has 1 aliphatic rings. The first kappa shape index (κ1) is 25.0. The Morgan fingerprint density at radius 1 is 0.950 bits per heavy atom. The van der Waals surface area contributed by atoms with E-state index in [0.29, 0.717) is 28.7 Å². The second-order valence-electron chi connectivity index (χ2n) is 9.20. The Morgan fingerprint density at radius 3 is 2.52 bits per heavy atom. The number of hydrogen-bond acceptors (Lipinski definition) is 7. The molecule has 6 rings (SSSR count). The number of rotatable bonds is 8. The van der Waals surface area contributed by atoms with Crippen molar-refractivity contribution in [3.63, 3.8) is 0 Å². The lowest BCUT2D eigenvalue weighted by Crippen LogP contribution is -2.15. The number of anilines is 2. The van der Waals surface area contributed by atoms with E-state index in [1.807, 2.05) is 24.3 Å². The standard InChI is InChI=1S/C29H23FN6O4/c1-39-20-7-4-17(5-8-20)24-16-23(34-27-11-13-32-36(24)27)29(38)33-19-6-9-25(22(30)14-19)40-21-10-12-31-26(15-21)35-28(37)18-2-3-18/h4-16,18H,2-3H2,1H3,(H,33,38)(H,31,35,37). The zero-order valence-electron chi connectivity index (χ0n) is 21.3. The minimum absolute atomic E-state index is 0.0258. The number of halogens is 1. The first-order valence-corrected chi connectivity index (χ1v) is 12.5. The van der Waals surface area contributed by atoms with Gasteiger partial charge in [-0.05, 0) is 61.4 Å². The van der Waals surface area contributed by atoms with Crippen LogP contribution in [0.1, 0.15) is 23.3 Å². The summed E-state index contributed by atoms with van der Waals surface area (Å²) < 4.78 is 27.5. The van der Waals surface area contributed by atoms with Crippen LogP contribution in [0.4, 0.5) is 15.9 Å². The molecule has 2 aromatic carbocycles. The van der Waals surface area contributed by atoms with Gasteiger partial charge in [-0.1, -0.05) is 0 Å². The van der Waals surface area contributed by atoms with Gasteiger partial charge in [0.05, 0.1) is 19.0 Å². The largest absolute Gasteiger partial charge is 0.497 e. The fourth-order valence-corrected chi connectivity index (χ4v) is 4.10. The van der Waals surface area contributed by atoms with Crippen molar-refractivity contribution >= 4 is 29.0 Å². The van der Waals surface area contributed by atoms with E-state index in [0.717, 1.165) is 24.5 Å². The minimum atomic E-state index is -0.684. The first-order valence-electron chi connectivity index (χ1n) is 12.5. The van der Waals surface area contributed by atoms with E-state index < -0.39 is 11.7 Å². The number of carbonyl (C=O) groups is 2. The number of carbonyl (C=O) groups excluding carboxylic acids is 2. The Hall–Kier alpha value is -5.32. The molecule has 0 atom stereocenters. The summed E-state index contributed by atoms with van der Waals surface area (Å²) in [4.78, 5) is 33.6. The fraction of sp³-hybridized carbons (Fsp3) is 0.138. The highest BCUT2D eigenvalue weighted by Gasteiger charge is 2.29. The summed E-state index contributed by atoms with van der Waals surface area (Å²) in [7, 11) is 1.59. The number of benzene rings is 2. The second-order valence-corrected chi connectivity index (χ2v) is 9.20. The molecule has 200 valence electrons. The molecule has 0 spiro atoms. The van der Waals surface area contributed by atoms with Gasteiger partial charge in [-0.25, -0.2) is 18.9 Å². The van der Waals surface area contributed by atoms with Crippen molar-refractivity contribution in [3.05, 3.63) is 90.6 Å². The lowest BCUT2D eigenvalue weighted by atomic mass is 10.1. The quantitative estimate of drug-likeness (QED) is 0.274. The number of amides is 2. The molecule has 2 amide bonds. The lowest BCUT2D eigenvalue weighted by Gasteiger charge is -2.11. The summed E-state index contributed by atoms with van der Waals surface area (Å²) in [5.41, 5.74) is 2.31. The molecule has 3 aromatic heterocycles. The molecule has 10 nitrogen and oxygen atoms in total. The number of fused-ring (bicyclic) bond motifs is 1. The maximum Gasteiger partial charge on any atom is 0.274 e. The summed E-state index contributed by atoms with van der Waals surface area (Å²) in [5, 5.41) is 9.73. The van der Waals surface area contributed by atoms with Crippen LogP contribution < -0.4 is 20.1 Å². The van der Waals surface area contributed by atoms with Gasteiger partial charge >= 0.3 is 0 Å². The molecule has 0 unspecified atom stereocenters. The van der Waals surface area contributed by atoms with Crippen molar-refractivity contribution in [2.24, 2.45) is 5.92 Å². The number of aromatic nitrogens is 4. The molecule has 1 saturated carbocycles. The average molecular weight is 539 g/mol. The topological polar surface area (TPSA) is 120 Å². The van der Waals surface area contributed by atoms with Gasteiger partial charge in [0.25, 0.3) is 5.91 Å². The molecule has 0 aliphatic heterocycles. The summed E-state index contributed by atoms with van der Waals surface area (Å²) in [6.07, 6.45) is 4.80. The van der Waals surface area contributed by atoms with Crippen molar-refractivity contribution in [2.45, 2.75) is 12.8 Å². The number of pyridine rings is 1. The van der Waals surface area contributed by atoms with Crippen molar-refractivity contribution in [2.75, 3.05) is 17.7 Å². The molecule has 0 saturated heterocycles. The monoisotopic (exact) mass is 538 g/mol. The summed E-state index contributed by atoms with van der Waals surface area (Å²) >= 11 is 0. The number of methoxy groups -OCH3 is 1. The molecule has 1 aliphatic carbocycles. The predicted octanol–water partition coefficient (Wildman–Crippen LogP) is 5.33. The van der Waals surface area contributed by atoms with Crippen LogP contribution in [-0.4, -0.2) is 38.5 Å². The molecule has 0 bridgehead atoms. The van der Waals surface area contributed by atoms with Crippen molar-refractivity contribution in [1.82, 2.24) is 19.6 Å². The van der Waals surface area contributed by atoms with E-state index in [1.54, 1.807) is 36.0 Å². The van der Waals surface area contributed by atoms with Gasteiger partial charge in [0.1, 0.15) is 23.0 Å². The molecule has 5 aromatic rings. The molecule has 40 heavy (non-hydrogen) atoms. The van der Waals surface area contributed by atoms with E-state index in [-0.39, 0.29) is 29.0 Å².